The summed E-state index contributed by atoms with van der Waals surface area (Å²) in [4.78, 5) is 20.4. The summed E-state index contributed by atoms with van der Waals surface area (Å²) in [5.74, 6) is 0.304. The van der Waals surface area contributed by atoms with Crippen molar-refractivity contribution in [1.29, 1.82) is 0 Å². The molecule has 1 aliphatic heterocycles. The Morgan fingerprint density at radius 2 is 2.00 bits per heavy atom. The maximum absolute atomic E-state index is 12.1. The van der Waals surface area contributed by atoms with E-state index in [0.29, 0.717) is 5.13 Å². The van der Waals surface area contributed by atoms with Gasteiger partial charge in [0, 0.05) is 36.0 Å². The first kappa shape index (κ1) is 15.7. The van der Waals surface area contributed by atoms with Crippen molar-refractivity contribution in [3.8, 4) is 11.3 Å². The fraction of sp³-hybridized carbons (Fsp3) is 0.444. The van der Waals surface area contributed by atoms with Crippen LogP contribution in [-0.2, 0) is 16.1 Å². The van der Waals surface area contributed by atoms with Crippen LogP contribution in [0.5, 0.6) is 0 Å². The topological polar surface area (TPSA) is 54.5 Å². The molecule has 2 aliphatic rings. The summed E-state index contributed by atoms with van der Waals surface area (Å²) < 4.78 is 5.43. The van der Waals surface area contributed by atoms with Gasteiger partial charge in [-0.2, -0.15) is 0 Å². The van der Waals surface area contributed by atoms with Gasteiger partial charge in [0.05, 0.1) is 18.9 Å². The molecular formula is C18H21N3O2S. The van der Waals surface area contributed by atoms with Crippen molar-refractivity contribution in [3.63, 3.8) is 0 Å². The number of rotatable bonds is 5. The van der Waals surface area contributed by atoms with E-state index < -0.39 is 0 Å². The Labute approximate surface area is 145 Å². The zero-order chi connectivity index (χ0) is 16.4. The van der Waals surface area contributed by atoms with Crippen molar-refractivity contribution in [3.05, 3.63) is 35.2 Å². The first-order chi connectivity index (χ1) is 11.8. The van der Waals surface area contributed by atoms with Crippen LogP contribution in [0.15, 0.2) is 30.3 Å². The van der Waals surface area contributed by atoms with Crippen LogP contribution in [0.1, 0.15) is 17.7 Å². The van der Waals surface area contributed by atoms with E-state index in [9.17, 15) is 4.79 Å². The normalized spacial score (nSPS) is 18.5. The Morgan fingerprint density at radius 1 is 1.25 bits per heavy atom. The number of carbonyl (C=O) groups is 1. The summed E-state index contributed by atoms with van der Waals surface area (Å²) in [6.07, 6.45) is 2.01. The molecule has 1 amide bonds. The smallest absolute Gasteiger partial charge is 0.229 e. The van der Waals surface area contributed by atoms with E-state index in [1.165, 1.54) is 4.88 Å². The Hall–Kier alpha value is -1.76. The summed E-state index contributed by atoms with van der Waals surface area (Å²) in [7, 11) is 0. The molecule has 4 rings (SSSR count). The maximum atomic E-state index is 12.1. The number of morpholine rings is 1. The third-order valence-electron chi connectivity index (χ3n) is 4.39. The van der Waals surface area contributed by atoms with Gasteiger partial charge >= 0.3 is 0 Å². The van der Waals surface area contributed by atoms with Crippen molar-refractivity contribution < 1.29 is 9.53 Å². The Balaban J connectivity index is 1.58. The summed E-state index contributed by atoms with van der Waals surface area (Å²) in [6, 6.07) is 10.2. The zero-order valence-corrected chi connectivity index (χ0v) is 14.3. The molecule has 2 heterocycles. The molecular weight excluding hydrogens is 322 g/mol. The molecule has 0 atom stereocenters. The number of carbonyl (C=O) groups excluding carboxylic acids is 1. The molecule has 2 fully saturated rings. The number of anilines is 1. The second kappa shape index (κ2) is 7.01. The third-order valence-corrected chi connectivity index (χ3v) is 5.35. The molecule has 0 radical (unpaired) electrons. The molecule has 126 valence electrons. The van der Waals surface area contributed by atoms with E-state index in [4.69, 9.17) is 9.72 Å². The maximum Gasteiger partial charge on any atom is 0.229 e. The molecule has 2 aromatic rings. The molecule has 0 bridgehead atoms. The molecule has 0 spiro atoms. The van der Waals surface area contributed by atoms with Crippen LogP contribution >= 0.6 is 11.3 Å². The number of benzene rings is 1. The minimum Gasteiger partial charge on any atom is -0.379 e. The number of nitrogens with one attached hydrogen (secondary N) is 1. The Kier molecular flexibility index (Phi) is 4.60. The molecule has 5 nitrogen and oxygen atoms in total. The van der Waals surface area contributed by atoms with E-state index in [2.05, 4.69) is 22.3 Å². The van der Waals surface area contributed by atoms with E-state index in [1.807, 2.05) is 18.2 Å². The average molecular weight is 343 g/mol. The number of amides is 1. The van der Waals surface area contributed by atoms with Gasteiger partial charge in [0.25, 0.3) is 0 Å². The molecule has 24 heavy (non-hydrogen) atoms. The van der Waals surface area contributed by atoms with Crippen LogP contribution < -0.4 is 5.32 Å². The van der Waals surface area contributed by atoms with Gasteiger partial charge in [0.1, 0.15) is 0 Å². The lowest BCUT2D eigenvalue weighted by Gasteiger charge is -2.26. The number of aromatic nitrogens is 1. The standard InChI is InChI=1S/C18H21N3O2S/c22-17(14-6-7-14)20-18-19-16(13-4-2-1-3-5-13)15(24-18)12-21-8-10-23-11-9-21/h1-5,14H,6-12H2,(H,19,20,22). The SMILES string of the molecule is O=C(Nc1nc(-c2ccccc2)c(CN2CCOCC2)s1)C1CC1. The minimum absolute atomic E-state index is 0.112. The monoisotopic (exact) mass is 343 g/mol. The summed E-state index contributed by atoms with van der Waals surface area (Å²) in [6.45, 7) is 4.30. The fourth-order valence-electron chi connectivity index (χ4n) is 2.85. The highest BCUT2D eigenvalue weighted by molar-refractivity contribution is 7.16. The quantitative estimate of drug-likeness (QED) is 0.907. The largest absolute Gasteiger partial charge is 0.379 e. The second-order valence-electron chi connectivity index (χ2n) is 6.31. The van der Waals surface area contributed by atoms with Gasteiger partial charge in [-0.05, 0) is 12.8 Å². The van der Waals surface area contributed by atoms with Crippen LogP contribution in [0.2, 0.25) is 0 Å². The molecule has 1 saturated carbocycles. The number of hydrogen-bond acceptors (Lipinski definition) is 5. The molecule has 1 N–H and O–H groups in total. The Morgan fingerprint density at radius 3 is 2.71 bits per heavy atom. The number of thiazole rings is 1. The highest BCUT2D eigenvalue weighted by Gasteiger charge is 2.30. The summed E-state index contributed by atoms with van der Waals surface area (Å²) in [5.41, 5.74) is 2.09. The van der Waals surface area contributed by atoms with Gasteiger partial charge in [-0.25, -0.2) is 4.98 Å². The second-order valence-corrected chi connectivity index (χ2v) is 7.39. The van der Waals surface area contributed by atoms with E-state index in [-0.39, 0.29) is 11.8 Å². The highest BCUT2D eigenvalue weighted by Crippen LogP contribution is 2.35. The van der Waals surface area contributed by atoms with Gasteiger partial charge in [-0.15, -0.1) is 0 Å². The minimum atomic E-state index is 0.112. The van der Waals surface area contributed by atoms with E-state index >= 15 is 0 Å². The summed E-state index contributed by atoms with van der Waals surface area (Å²) >= 11 is 1.60. The van der Waals surface area contributed by atoms with Crippen LogP contribution in [0.3, 0.4) is 0 Å². The van der Waals surface area contributed by atoms with Crippen molar-refractivity contribution in [2.45, 2.75) is 19.4 Å². The first-order valence-electron chi connectivity index (χ1n) is 8.46. The first-order valence-corrected chi connectivity index (χ1v) is 9.27. The molecule has 1 saturated heterocycles. The third kappa shape index (κ3) is 3.66. The zero-order valence-electron chi connectivity index (χ0n) is 13.5. The Bertz CT molecular complexity index is 706. The van der Waals surface area contributed by atoms with Gasteiger partial charge in [0.15, 0.2) is 5.13 Å². The molecule has 1 aliphatic carbocycles. The van der Waals surface area contributed by atoms with Crippen molar-refractivity contribution in [2.75, 3.05) is 31.6 Å². The van der Waals surface area contributed by atoms with E-state index in [1.54, 1.807) is 11.3 Å². The van der Waals surface area contributed by atoms with E-state index in [0.717, 1.165) is 56.9 Å². The average Bonchev–Trinajstić information content (AvgIpc) is 3.40. The van der Waals surface area contributed by atoms with Crippen LogP contribution in [0, 0.1) is 5.92 Å². The van der Waals surface area contributed by atoms with Crippen molar-refractivity contribution in [1.82, 2.24) is 9.88 Å². The van der Waals surface area contributed by atoms with Crippen LogP contribution in [-0.4, -0.2) is 42.1 Å². The summed E-state index contributed by atoms with van der Waals surface area (Å²) in [5, 5.41) is 3.71. The van der Waals surface area contributed by atoms with Crippen molar-refractivity contribution >= 4 is 22.4 Å². The van der Waals surface area contributed by atoms with Crippen LogP contribution in [0.4, 0.5) is 5.13 Å². The van der Waals surface area contributed by atoms with Gasteiger partial charge in [-0.1, -0.05) is 41.7 Å². The number of hydrogen-bond donors (Lipinski definition) is 1. The molecule has 1 aromatic heterocycles. The fourth-order valence-corrected chi connectivity index (χ4v) is 3.88. The molecule has 6 heteroatoms. The predicted molar refractivity (Wildman–Crippen MR) is 95.0 cm³/mol. The highest BCUT2D eigenvalue weighted by atomic mass is 32.1. The van der Waals surface area contributed by atoms with Gasteiger partial charge in [-0.3, -0.25) is 9.69 Å². The van der Waals surface area contributed by atoms with Gasteiger partial charge in [0.2, 0.25) is 5.91 Å². The van der Waals surface area contributed by atoms with Crippen molar-refractivity contribution in [2.24, 2.45) is 5.92 Å². The number of ether oxygens (including phenoxy) is 1. The lowest BCUT2D eigenvalue weighted by atomic mass is 10.1. The molecule has 0 unspecified atom stereocenters. The lowest BCUT2D eigenvalue weighted by molar-refractivity contribution is -0.117. The number of nitrogens with zero attached hydrogens (tertiary/aromatic N) is 2. The van der Waals surface area contributed by atoms with Gasteiger partial charge < -0.3 is 10.1 Å². The predicted octanol–water partition coefficient (Wildman–Crippen LogP) is 2.99. The lowest BCUT2D eigenvalue weighted by Crippen LogP contribution is -2.35. The van der Waals surface area contributed by atoms with Crippen LogP contribution in [0.25, 0.3) is 11.3 Å². The molecule has 1 aromatic carbocycles.